The van der Waals surface area contributed by atoms with Gasteiger partial charge in [-0.25, -0.2) is 14.6 Å². The van der Waals surface area contributed by atoms with Crippen molar-refractivity contribution in [3.63, 3.8) is 0 Å². The number of esters is 1. The number of methoxy groups -OCH3 is 1. The van der Waals surface area contributed by atoms with E-state index in [2.05, 4.69) is 10.4 Å². The number of hydrogen-bond acceptors (Lipinski definition) is 7. The zero-order valence-corrected chi connectivity index (χ0v) is 19.7. The zero-order chi connectivity index (χ0) is 25.9. The van der Waals surface area contributed by atoms with Gasteiger partial charge in [-0.2, -0.15) is 0 Å². The van der Waals surface area contributed by atoms with Gasteiger partial charge in [-0.15, -0.1) is 0 Å². The van der Waals surface area contributed by atoms with Crippen molar-refractivity contribution in [1.82, 2.24) is 20.4 Å². The summed E-state index contributed by atoms with van der Waals surface area (Å²) < 4.78 is 10.3. The number of amides is 1. The second-order valence-corrected chi connectivity index (χ2v) is 8.30. The minimum Gasteiger partial charge on any atom is -0.497 e. The molecule has 5 rings (SSSR count). The number of carbonyl (C=O) groups excluding carboxylic acids is 2. The molecule has 10 heteroatoms. The number of nitrogens with zero attached hydrogens (tertiary/aromatic N) is 1. The summed E-state index contributed by atoms with van der Waals surface area (Å²) in [5.41, 5.74) is 3.46. The quantitative estimate of drug-likeness (QED) is 0.348. The molecule has 1 aromatic heterocycles. The first-order chi connectivity index (χ1) is 17.9. The second kappa shape index (κ2) is 9.86. The van der Waals surface area contributed by atoms with Gasteiger partial charge in [0.15, 0.2) is 6.61 Å². The van der Waals surface area contributed by atoms with Crippen LogP contribution in [0.3, 0.4) is 0 Å². The van der Waals surface area contributed by atoms with Gasteiger partial charge in [-0.05, 0) is 46.2 Å². The van der Waals surface area contributed by atoms with Crippen LogP contribution in [0.15, 0.2) is 88.6 Å². The molecule has 3 N–H and O–H groups in total. The van der Waals surface area contributed by atoms with Crippen LogP contribution in [-0.4, -0.2) is 40.6 Å². The van der Waals surface area contributed by atoms with Gasteiger partial charge in [0, 0.05) is 6.20 Å². The molecule has 1 amide bonds. The van der Waals surface area contributed by atoms with E-state index in [1.165, 1.54) is 5.01 Å². The number of carbonyl (C=O) groups is 2. The largest absolute Gasteiger partial charge is 0.497 e. The minimum atomic E-state index is -1.03. The first kappa shape index (κ1) is 23.6. The van der Waals surface area contributed by atoms with Crippen LogP contribution in [0.2, 0.25) is 0 Å². The molecule has 10 nitrogen and oxygen atoms in total. The second-order valence-electron chi connectivity index (χ2n) is 8.30. The minimum absolute atomic E-state index is 0.413. The van der Waals surface area contributed by atoms with Crippen LogP contribution < -0.4 is 21.4 Å². The van der Waals surface area contributed by atoms with E-state index >= 15 is 0 Å². The molecule has 0 unspecified atom stereocenters. The Morgan fingerprint density at radius 1 is 0.973 bits per heavy atom. The van der Waals surface area contributed by atoms with Crippen molar-refractivity contribution in [3.05, 3.63) is 117 Å². The fourth-order valence-electron chi connectivity index (χ4n) is 4.09. The third-order valence-electron chi connectivity index (χ3n) is 6.00. The zero-order valence-electron chi connectivity index (χ0n) is 19.7. The van der Waals surface area contributed by atoms with Crippen LogP contribution in [-0.2, 0) is 9.53 Å². The lowest BCUT2D eigenvalue weighted by Gasteiger charge is -2.25. The average molecular weight is 498 g/mol. The molecule has 37 heavy (non-hydrogen) atoms. The highest BCUT2D eigenvalue weighted by molar-refractivity contribution is 5.91. The van der Waals surface area contributed by atoms with Crippen molar-refractivity contribution in [2.24, 2.45) is 0 Å². The molecule has 3 aromatic carbocycles. The molecule has 2 heterocycles. The number of aromatic nitrogens is 2. The first-order valence-corrected chi connectivity index (χ1v) is 11.4. The van der Waals surface area contributed by atoms with E-state index < -0.39 is 41.3 Å². The summed E-state index contributed by atoms with van der Waals surface area (Å²) in [7, 11) is 1.57. The lowest BCUT2D eigenvalue weighted by atomic mass is 10.0. The van der Waals surface area contributed by atoms with Crippen molar-refractivity contribution < 1.29 is 19.1 Å². The molecule has 0 saturated heterocycles. The van der Waals surface area contributed by atoms with Crippen LogP contribution in [0, 0.1) is 0 Å². The number of hydrazine groups is 1. The van der Waals surface area contributed by atoms with Gasteiger partial charge in [-0.3, -0.25) is 20.0 Å². The number of nitrogens with one attached hydrogen (secondary N) is 3. The smallest absolute Gasteiger partial charge is 0.345 e. The van der Waals surface area contributed by atoms with Crippen molar-refractivity contribution in [3.8, 4) is 5.75 Å². The Morgan fingerprint density at radius 2 is 1.73 bits per heavy atom. The summed E-state index contributed by atoms with van der Waals surface area (Å²) in [6.45, 7) is -0.629. The number of benzene rings is 3. The standard InChI is InChI=1S/C27H22N4O6/c1-36-20-10-8-17(9-11-20)23-13-22(19-7-6-16-4-2-3-5-18(16)12-19)30-31(23)24(32)15-37-26(34)21-14-28-27(35)29-25(21)33/h2-14,23,30H,15H2,1H3,(H2,28,29,33,35)/t23-/m1/s1. The Labute approximate surface area is 210 Å². The Hall–Kier alpha value is -5.12. The molecule has 4 aromatic rings. The fraction of sp³-hybridized carbons (Fsp3) is 0.111. The van der Waals surface area contributed by atoms with Crippen molar-refractivity contribution in [2.45, 2.75) is 6.04 Å². The van der Waals surface area contributed by atoms with Gasteiger partial charge in [0.25, 0.3) is 11.5 Å². The molecule has 0 fully saturated rings. The maximum Gasteiger partial charge on any atom is 0.345 e. The fourth-order valence-corrected chi connectivity index (χ4v) is 4.09. The third-order valence-corrected chi connectivity index (χ3v) is 6.00. The Kier molecular flexibility index (Phi) is 6.29. The first-order valence-electron chi connectivity index (χ1n) is 11.4. The Bertz CT molecular complexity index is 1640. The van der Waals surface area contributed by atoms with Gasteiger partial charge >= 0.3 is 11.7 Å². The number of hydrogen-bond donors (Lipinski definition) is 3. The van der Waals surface area contributed by atoms with Gasteiger partial charge in [0.1, 0.15) is 11.3 Å². The predicted octanol–water partition coefficient (Wildman–Crippen LogP) is 2.51. The number of ether oxygens (including phenoxy) is 2. The summed E-state index contributed by atoms with van der Waals surface area (Å²) in [5.74, 6) is -0.901. The van der Waals surface area contributed by atoms with E-state index in [-0.39, 0.29) is 0 Å². The summed E-state index contributed by atoms with van der Waals surface area (Å²) in [4.78, 5) is 52.7. The van der Waals surface area contributed by atoms with Crippen molar-refractivity contribution >= 4 is 28.3 Å². The molecule has 0 saturated carbocycles. The van der Waals surface area contributed by atoms with Gasteiger partial charge < -0.3 is 14.5 Å². The average Bonchev–Trinajstić information content (AvgIpc) is 3.37. The summed E-state index contributed by atoms with van der Waals surface area (Å²) in [6.07, 6.45) is 2.86. The van der Waals surface area contributed by atoms with E-state index in [4.69, 9.17) is 9.47 Å². The molecule has 186 valence electrons. The molecule has 0 radical (unpaired) electrons. The predicted molar refractivity (Wildman–Crippen MR) is 136 cm³/mol. The van der Waals surface area contributed by atoms with Crippen LogP contribution in [0.5, 0.6) is 5.75 Å². The number of aromatic amines is 2. The molecular weight excluding hydrogens is 476 g/mol. The lowest BCUT2D eigenvalue weighted by Crippen LogP contribution is -2.42. The van der Waals surface area contributed by atoms with E-state index in [1.54, 1.807) is 19.2 Å². The van der Waals surface area contributed by atoms with Crippen molar-refractivity contribution in [1.29, 1.82) is 0 Å². The van der Waals surface area contributed by atoms with Gasteiger partial charge in [0.05, 0.1) is 18.8 Å². The van der Waals surface area contributed by atoms with Crippen LogP contribution in [0.25, 0.3) is 16.5 Å². The normalized spacial score (nSPS) is 14.7. The molecular formula is C27H22N4O6. The molecule has 1 atom stereocenters. The maximum absolute atomic E-state index is 13.2. The molecule has 0 aliphatic carbocycles. The number of H-pyrrole nitrogens is 2. The van der Waals surface area contributed by atoms with E-state index in [1.807, 2.05) is 65.7 Å². The third kappa shape index (κ3) is 4.85. The summed E-state index contributed by atoms with van der Waals surface area (Å²) in [6, 6.07) is 20.7. The molecule has 1 aliphatic rings. The Balaban J connectivity index is 1.40. The van der Waals surface area contributed by atoms with E-state index in [9.17, 15) is 19.2 Å². The van der Waals surface area contributed by atoms with E-state index in [0.29, 0.717) is 11.4 Å². The number of fused-ring (bicyclic) bond motifs is 1. The van der Waals surface area contributed by atoms with Crippen LogP contribution >= 0.6 is 0 Å². The molecule has 1 aliphatic heterocycles. The summed E-state index contributed by atoms with van der Waals surface area (Å²) in [5, 5.41) is 3.51. The topological polar surface area (TPSA) is 134 Å². The number of rotatable bonds is 6. The molecule has 0 spiro atoms. The van der Waals surface area contributed by atoms with E-state index in [0.717, 1.165) is 28.1 Å². The monoisotopic (exact) mass is 498 g/mol. The van der Waals surface area contributed by atoms with Crippen molar-refractivity contribution in [2.75, 3.05) is 13.7 Å². The van der Waals surface area contributed by atoms with Crippen LogP contribution in [0.1, 0.15) is 27.5 Å². The Morgan fingerprint density at radius 3 is 2.46 bits per heavy atom. The maximum atomic E-state index is 13.2. The van der Waals surface area contributed by atoms with Gasteiger partial charge in [-0.1, -0.05) is 48.5 Å². The summed E-state index contributed by atoms with van der Waals surface area (Å²) >= 11 is 0. The SMILES string of the molecule is COc1ccc([C@H]2C=C(c3ccc4ccccc4c3)NN2C(=O)COC(=O)c2c[nH]c(=O)[nH]c2=O)cc1. The van der Waals surface area contributed by atoms with Gasteiger partial charge in [0.2, 0.25) is 0 Å². The highest BCUT2D eigenvalue weighted by Gasteiger charge is 2.31. The highest BCUT2D eigenvalue weighted by Crippen LogP contribution is 2.33. The molecule has 0 bridgehead atoms. The van der Waals surface area contributed by atoms with Crippen LogP contribution in [0.4, 0.5) is 0 Å². The highest BCUT2D eigenvalue weighted by atomic mass is 16.5. The lowest BCUT2D eigenvalue weighted by molar-refractivity contribution is -0.137.